The molecule has 4 rings (SSSR count). The molecular formula is C26H30BFO6. The monoisotopic (exact) mass is 468 g/mol. The quantitative estimate of drug-likeness (QED) is 0.361. The molecule has 2 aromatic carbocycles. The Hall–Kier alpha value is -2.84. The smallest absolute Gasteiger partial charge is 0.488 e. The molecule has 1 aromatic heterocycles. The van der Waals surface area contributed by atoms with Crippen molar-refractivity contribution >= 4 is 29.5 Å². The van der Waals surface area contributed by atoms with Gasteiger partial charge in [0.15, 0.2) is 0 Å². The van der Waals surface area contributed by atoms with E-state index < -0.39 is 24.1 Å². The molecule has 3 aromatic rings. The second-order valence-corrected chi connectivity index (χ2v) is 9.80. The minimum Gasteiger partial charge on any atom is -0.488 e. The van der Waals surface area contributed by atoms with Crippen molar-refractivity contribution in [1.29, 1.82) is 0 Å². The highest BCUT2D eigenvalue weighted by Crippen LogP contribution is 2.37. The van der Waals surface area contributed by atoms with Crippen LogP contribution < -0.4 is 10.2 Å². The molecule has 34 heavy (non-hydrogen) atoms. The van der Waals surface area contributed by atoms with Crippen molar-refractivity contribution in [3.05, 3.63) is 59.6 Å². The minimum absolute atomic E-state index is 0.0459. The van der Waals surface area contributed by atoms with Gasteiger partial charge in [0.2, 0.25) is 0 Å². The number of benzene rings is 2. The predicted octanol–water partition coefficient (Wildman–Crippen LogP) is 4.94. The first-order chi connectivity index (χ1) is 16.0. The van der Waals surface area contributed by atoms with Gasteiger partial charge in [0.25, 0.3) is 0 Å². The number of hydrogen-bond acceptors (Lipinski definition) is 6. The number of para-hydroxylation sites is 1. The van der Waals surface area contributed by atoms with E-state index in [1.54, 1.807) is 44.2 Å². The fourth-order valence-electron chi connectivity index (χ4n) is 3.86. The van der Waals surface area contributed by atoms with E-state index in [4.69, 9.17) is 23.2 Å². The number of rotatable bonds is 7. The van der Waals surface area contributed by atoms with Crippen LogP contribution in [0.15, 0.2) is 47.1 Å². The van der Waals surface area contributed by atoms with Crippen molar-refractivity contribution in [1.82, 2.24) is 0 Å². The molecule has 0 atom stereocenters. The lowest BCUT2D eigenvalue weighted by molar-refractivity contribution is -0.146. The lowest BCUT2D eigenvalue weighted by atomic mass is 9.76. The third-order valence-corrected chi connectivity index (χ3v) is 6.34. The van der Waals surface area contributed by atoms with Crippen LogP contribution in [0.1, 0.15) is 52.7 Å². The zero-order valence-corrected chi connectivity index (χ0v) is 20.4. The van der Waals surface area contributed by atoms with Crippen LogP contribution in [0.25, 0.3) is 11.0 Å². The average molecular weight is 468 g/mol. The molecule has 180 valence electrons. The van der Waals surface area contributed by atoms with Gasteiger partial charge in [-0.15, -0.1) is 0 Å². The van der Waals surface area contributed by atoms with Gasteiger partial charge in [-0.3, -0.25) is 4.79 Å². The molecule has 0 bridgehead atoms. The van der Waals surface area contributed by atoms with Crippen LogP contribution in [0.5, 0.6) is 5.75 Å². The Labute approximate surface area is 199 Å². The maximum atomic E-state index is 15.8. The van der Waals surface area contributed by atoms with Crippen molar-refractivity contribution < 1.29 is 32.4 Å². The normalized spacial score (nSPS) is 16.9. The molecule has 1 aliphatic rings. The highest BCUT2D eigenvalue weighted by atomic mass is 19.1. The lowest BCUT2D eigenvalue weighted by Gasteiger charge is -2.32. The molecule has 0 saturated carbocycles. The number of halogens is 1. The average Bonchev–Trinajstić information content (AvgIpc) is 3.27. The highest BCUT2D eigenvalue weighted by Gasteiger charge is 2.53. The van der Waals surface area contributed by atoms with Crippen LogP contribution in [0, 0.1) is 5.82 Å². The summed E-state index contributed by atoms with van der Waals surface area (Å²) in [5, 5.41) is 0.721. The van der Waals surface area contributed by atoms with Crippen LogP contribution >= 0.6 is 0 Å². The molecule has 0 N–H and O–H groups in total. The molecule has 8 heteroatoms. The number of hydrogen-bond donors (Lipinski definition) is 0. The lowest BCUT2D eigenvalue weighted by Crippen LogP contribution is -2.41. The fraction of sp³-hybridized carbons (Fsp3) is 0.423. The molecular weight excluding hydrogens is 438 g/mol. The largest absolute Gasteiger partial charge is 0.501 e. The summed E-state index contributed by atoms with van der Waals surface area (Å²) in [6, 6.07) is 10.6. The van der Waals surface area contributed by atoms with Crippen LogP contribution in [-0.2, 0) is 31.9 Å². The van der Waals surface area contributed by atoms with Crippen molar-refractivity contribution in [3.63, 3.8) is 0 Å². The summed E-state index contributed by atoms with van der Waals surface area (Å²) >= 11 is 0. The number of ether oxygens (including phenoxy) is 2. The summed E-state index contributed by atoms with van der Waals surface area (Å²) in [5.41, 5.74) is 0.352. The Balaban J connectivity index is 1.62. The summed E-state index contributed by atoms with van der Waals surface area (Å²) in [6.45, 7) is 11.2. The molecule has 0 amide bonds. The molecule has 0 unspecified atom stereocenters. The SMILES string of the molecule is CC(C)OC(=O)Cc1ccccc1OCc1cc2ccoc2c(B2OC(C)(C)C(C)(C)O2)c1F. The van der Waals surface area contributed by atoms with Gasteiger partial charge in [0.1, 0.15) is 23.8 Å². The molecule has 6 nitrogen and oxygen atoms in total. The van der Waals surface area contributed by atoms with E-state index in [0.29, 0.717) is 22.5 Å². The Kier molecular flexibility index (Phi) is 6.49. The van der Waals surface area contributed by atoms with E-state index in [1.807, 2.05) is 33.8 Å². The first-order valence-electron chi connectivity index (χ1n) is 11.4. The minimum atomic E-state index is -0.920. The molecule has 1 fully saturated rings. The summed E-state index contributed by atoms with van der Waals surface area (Å²) in [4.78, 5) is 12.1. The van der Waals surface area contributed by atoms with E-state index in [-0.39, 0.29) is 30.6 Å². The highest BCUT2D eigenvalue weighted by molar-refractivity contribution is 6.65. The summed E-state index contributed by atoms with van der Waals surface area (Å²) in [5.74, 6) is -0.357. The summed E-state index contributed by atoms with van der Waals surface area (Å²) in [6.07, 6.45) is 1.38. The zero-order valence-electron chi connectivity index (χ0n) is 20.4. The van der Waals surface area contributed by atoms with Crippen LogP contribution in [-0.4, -0.2) is 30.4 Å². The second-order valence-electron chi connectivity index (χ2n) is 9.80. The van der Waals surface area contributed by atoms with Crippen LogP contribution in [0.2, 0.25) is 0 Å². The predicted molar refractivity (Wildman–Crippen MR) is 128 cm³/mol. The van der Waals surface area contributed by atoms with E-state index in [0.717, 1.165) is 5.39 Å². The number of carbonyl (C=O) groups is 1. The summed E-state index contributed by atoms with van der Waals surface area (Å²) in [7, 11) is -0.920. The summed E-state index contributed by atoms with van der Waals surface area (Å²) < 4.78 is 44.8. The van der Waals surface area contributed by atoms with Gasteiger partial charge in [-0.2, -0.15) is 0 Å². The molecule has 0 spiro atoms. The van der Waals surface area contributed by atoms with E-state index in [1.165, 1.54) is 6.26 Å². The topological polar surface area (TPSA) is 67.1 Å². The number of esters is 1. The molecule has 2 heterocycles. The third-order valence-electron chi connectivity index (χ3n) is 6.34. The van der Waals surface area contributed by atoms with Gasteiger partial charge in [0, 0.05) is 16.5 Å². The zero-order chi connectivity index (χ0) is 24.7. The maximum absolute atomic E-state index is 15.8. The van der Waals surface area contributed by atoms with Gasteiger partial charge in [-0.25, -0.2) is 4.39 Å². The Morgan fingerprint density at radius 1 is 1.06 bits per heavy atom. The molecule has 1 aliphatic heterocycles. The van der Waals surface area contributed by atoms with Gasteiger partial charge < -0.3 is 23.2 Å². The van der Waals surface area contributed by atoms with Crippen molar-refractivity contribution in [2.24, 2.45) is 0 Å². The first kappa shape index (κ1) is 24.3. The maximum Gasteiger partial charge on any atom is 0.501 e. The number of fused-ring (bicyclic) bond motifs is 1. The first-order valence-corrected chi connectivity index (χ1v) is 11.4. The standard InChI is InChI=1S/C26H30BFO6/c1-16(2)32-21(29)14-17-9-7-8-10-20(17)31-15-19-13-18-11-12-30-24(18)22(23(19)28)27-33-25(3,4)26(5,6)34-27/h7-13,16H,14-15H2,1-6H3. The van der Waals surface area contributed by atoms with Gasteiger partial charge >= 0.3 is 13.1 Å². The Bertz CT molecular complexity index is 1180. The second kappa shape index (κ2) is 9.08. The van der Waals surface area contributed by atoms with Crippen LogP contribution in [0.4, 0.5) is 4.39 Å². The third kappa shape index (κ3) is 4.70. The Morgan fingerprint density at radius 2 is 1.74 bits per heavy atom. The molecule has 0 radical (unpaired) electrons. The fourth-order valence-corrected chi connectivity index (χ4v) is 3.86. The van der Waals surface area contributed by atoms with E-state index in [2.05, 4.69) is 0 Å². The van der Waals surface area contributed by atoms with Crippen molar-refractivity contribution in [3.8, 4) is 5.75 Å². The Morgan fingerprint density at radius 3 is 2.41 bits per heavy atom. The van der Waals surface area contributed by atoms with Crippen LogP contribution in [0.3, 0.4) is 0 Å². The van der Waals surface area contributed by atoms with Crippen molar-refractivity contribution in [2.75, 3.05) is 0 Å². The number of carbonyl (C=O) groups excluding carboxylic acids is 1. The van der Waals surface area contributed by atoms with E-state index in [9.17, 15) is 4.79 Å². The molecule has 1 saturated heterocycles. The van der Waals surface area contributed by atoms with Gasteiger partial charge in [-0.05, 0) is 59.7 Å². The molecule has 0 aliphatic carbocycles. The van der Waals surface area contributed by atoms with Gasteiger partial charge in [0.05, 0.1) is 35.5 Å². The number of furan rings is 1. The van der Waals surface area contributed by atoms with E-state index >= 15 is 4.39 Å². The van der Waals surface area contributed by atoms with Crippen molar-refractivity contribution in [2.45, 2.75) is 71.9 Å². The van der Waals surface area contributed by atoms with Gasteiger partial charge in [-0.1, -0.05) is 18.2 Å².